The van der Waals surface area contributed by atoms with E-state index < -0.39 is 0 Å². The fourth-order valence-corrected chi connectivity index (χ4v) is 1.36. The summed E-state index contributed by atoms with van der Waals surface area (Å²) in [4.78, 5) is 0. The molecule has 0 spiro atoms. The standard InChI is InChI=1S/C8H11NO/c9-5-6-4-7(6)8-2-1-3-10-8/h1-3,6-7H,4-5,9H2. The van der Waals surface area contributed by atoms with Gasteiger partial charge < -0.3 is 10.2 Å². The fourth-order valence-electron chi connectivity index (χ4n) is 1.36. The van der Waals surface area contributed by atoms with Crippen LogP contribution in [0.4, 0.5) is 0 Å². The lowest BCUT2D eigenvalue weighted by Crippen LogP contribution is -2.01. The number of hydrogen-bond donors (Lipinski definition) is 1. The van der Waals surface area contributed by atoms with E-state index in [-0.39, 0.29) is 0 Å². The topological polar surface area (TPSA) is 39.2 Å². The van der Waals surface area contributed by atoms with Crippen LogP contribution in [0.5, 0.6) is 0 Å². The first-order valence-corrected chi connectivity index (χ1v) is 3.65. The highest BCUT2D eigenvalue weighted by atomic mass is 16.3. The normalized spacial score (nSPS) is 30.5. The zero-order valence-electron chi connectivity index (χ0n) is 5.79. The van der Waals surface area contributed by atoms with E-state index in [1.165, 1.54) is 6.42 Å². The van der Waals surface area contributed by atoms with Crippen molar-refractivity contribution in [2.75, 3.05) is 6.54 Å². The summed E-state index contributed by atoms with van der Waals surface area (Å²) in [6.45, 7) is 0.797. The predicted molar refractivity (Wildman–Crippen MR) is 38.6 cm³/mol. The second-order valence-corrected chi connectivity index (χ2v) is 2.85. The molecular weight excluding hydrogens is 126 g/mol. The Bertz CT molecular complexity index is 205. The molecule has 0 radical (unpaired) electrons. The van der Waals surface area contributed by atoms with Crippen molar-refractivity contribution in [2.45, 2.75) is 12.3 Å². The van der Waals surface area contributed by atoms with Crippen LogP contribution in [0, 0.1) is 5.92 Å². The molecule has 2 rings (SSSR count). The van der Waals surface area contributed by atoms with Crippen molar-refractivity contribution < 1.29 is 4.42 Å². The third kappa shape index (κ3) is 0.847. The molecular formula is C8H11NO. The van der Waals surface area contributed by atoms with Gasteiger partial charge in [0, 0.05) is 5.92 Å². The third-order valence-electron chi connectivity index (χ3n) is 2.13. The Labute approximate surface area is 60.0 Å². The molecule has 2 nitrogen and oxygen atoms in total. The number of rotatable bonds is 2. The highest BCUT2D eigenvalue weighted by Gasteiger charge is 2.38. The van der Waals surface area contributed by atoms with E-state index in [9.17, 15) is 0 Å². The zero-order valence-corrected chi connectivity index (χ0v) is 5.79. The molecule has 1 aliphatic rings. The van der Waals surface area contributed by atoms with Gasteiger partial charge in [-0.25, -0.2) is 0 Å². The first-order chi connectivity index (χ1) is 4.92. The Morgan fingerprint density at radius 2 is 2.60 bits per heavy atom. The van der Waals surface area contributed by atoms with Crippen molar-refractivity contribution in [3.8, 4) is 0 Å². The Morgan fingerprint density at radius 1 is 1.70 bits per heavy atom. The van der Waals surface area contributed by atoms with Gasteiger partial charge in [0.25, 0.3) is 0 Å². The van der Waals surface area contributed by atoms with Crippen molar-refractivity contribution >= 4 is 0 Å². The molecule has 1 heterocycles. The Hall–Kier alpha value is -0.760. The molecule has 1 aliphatic carbocycles. The molecule has 1 aromatic rings. The molecule has 2 unspecified atom stereocenters. The van der Waals surface area contributed by atoms with Crippen LogP contribution in [0.1, 0.15) is 18.1 Å². The zero-order chi connectivity index (χ0) is 6.97. The van der Waals surface area contributed by atoms with Gasteiger partial charge in [-0.05, 0) is 31.0 Å². The molecule has 2 N–H and O–H groups in total. The minimum atomic E-state index is 0.625. The van der Waals surface area contributed by atoms with Gasteiger partial charge in [0.05, 0.1) is 6.26 Å². The molecule has 0 amide bonds. The van der Waals surface area contributed by atoms with Crippen LogP contribution in [0.15, 0.2) is 22.8 Å². The van der Waals surface area contributed by atoms with E-state index in [0.717, 1.165) is 12.3 Å². The molecule has 2 atom stereocenters. The molecule has 1 aromatic heterocycles. The van der Waals surface area contributed by atoms with Gasteiger partial charge in [0.15, 0.2) is 0 Å². The van der Waals surface area contributed by atoms with Crippen molar-refractivity contribution in [3.05, 3.63) is 24.2 Å². The van der Waals surface area contributed by atoms with Crippen molar-refractivity contribution in [1.82, 2.24) is 0 Å². The van der Waals surface area contributed by atoms with Crippen LogP contribution < -0.4 is 5.73 Å². The van der Waals surface area contributed by atoms with Gasteiger partial charge in [-0.2, -0.15) is 0 Å². The first-order valence-electron chi connectivity index (χ1n) is 3.65. The van der Waals surface area contributed by atoms with Gasteiger partial charge in [-0.15, -0.1) is 0 Å². The fraction of sp³-hybridized carbons (Fsp3) is 0.500. The van der Waals surface area contributed by atoms with Crippen molar-refractivity contribution in [2.24, 2.45) is 11.7 Å². The summed E-state index contributed by atoms with van der Waals surface area (Å²) in [5.41, 5.74) is 5.49. The van der Waals surface area contributed by atoms with E-state index in [1.54, 1.807) is 6.26 Å². The van der Waals surface area contributed by atoms with E-state index >= 15 is 0 Å². The quantitative estimate of drug-likeness (QED) is 0.668. The maximum Gasteiger partial charge on any atom is 0.107 e. The van der Waals surface area contributed by atoms with Crippen LogP contribution in [0.25, 0.3) is 0 Å². The van der Waals surface area contributed by atoms with Crippen LogP contribution in [0.3, 0.4) is 0 Å². The highest BCUT2D eigenvalue weighted by molar-refractivity contribution is 5.15. The summed E-state index contributed by atoms with van der Waals surface area (Å²) in [5.74, 6) is 2.42. The van der Waals surface area contributed by atoms with Gasteiger partial charge in [-0.3, -0.25) is 0 Å². The summed E-state index contributed by atoms with van der Waals surface area (Å²) >= 11 is 0. The van der Waals surface area contributed by atoms with Crippen LogP contribution in [0.2, 0.25) is 0 Å². The van der Waals surface area contributed by atoms with Gasteiger partial charge in [0.2, 0.25) is 0 Å². The average Bonchev–Trinajstić information content (AvgIpc) is 2.56. The molecule has 1 fully saturated rings. The summed E-state index contributed by atoms with van der Waals surface area (Å²) in [5, 5.41) is 0. The van der Waals surface area contributed by atoms with E-state index in [4.69, 9.17) is 10.2 Å². The van der Waals surface area contributed by atoms with E-state index in [1.807, 2.05) is 12.1 Å². The molecule has 0 saturated heterocycles. The molecule has 1 saturated carbocycles. The maximum absolute atomic E-state index is 5.49. The lowest BCUT2D eigenvalue weighted by Gasteiger charge is -1.89. The molecule has 54 valence electrons. The smallest absolute Gasteiger partial charge is 0.107 e. The Morgan fingerprint density at radius 3 is 3.10 bits per heavy atom. The minimum Gasteiger partial charge on any atom is -0.469 e. The summed E-state index contributed by atoms with van der Waals surface area (Å²) in [7, 11) is 0. The van der Waals surface area contributed by atoms with E-state index in [2.05, 4.69) is 0 Å². The molecule has 0 bridgehead atoms. The largest absolute Gasteiger partial charge is 0.469 e. The molecule has 2 heteroatoms. The SMILES string of the molecule is NCC1CC1c1ccco1. The Balaban J connectivity index is 2.05. The van der Waals surface area contributed by atoms with Crippen molar-refractivity contribution in [1.29, 1.82) is 0 Å². The lowest BCUT2D eigenvalue weighted by molar-refractivity contribution is 0.503. The third-order valence-corrected chi connectivity index (χ3v) is 2.13. The van der Waals surface area contributed by atoms with Crippen molar-refractivity contribution in [3.63, 3.8) is 0 Å². The highest BCUT2D eigenvalue weighted by Crippen LogP contribution is 2.46. The second kappa shape index (κ2) is 2.13. The minimum absolute atomic E-state index is 0.625. The summed E-state index contributed by atoms with van der Waals surface area (Å²) in [6, 6.07) is 3.96. The molecule has 0 aliphatic heterocycles. The molecule has 10 heavy (non-hydrogen) atoms. The number of nitrogens with two attached hydrogens (primary N) is 1. The van der Waals surface area contributed by atoms with Gasteiger partial charge >= 0.3 is 0 Å². The summed E-state index contributed by atoms with van der Waals surface area (Å²) in [6.07, 6.45) is 2.94. The second-order valence-electron chi connectivity index (χ2n) is 2.85. The van der Waals surface area contributed by atoms with Crippen LogP contribution in [-0.4, -0.2) is 6.54 Å². The van der Waals surface area contributed by atoms with Crippen LogP contribution >= 0.6 is 0 Å². The number of hydrogen-bond acceptors (Lipinski definition) is 2. The monoisotopic (exact) mass is 137 g/mol. The number of furan rings is 1. The lowest BCUT2D eigenvalue weighted by atomic mass is 10.2. The van der Waals surface area contributed by atoms with Crippen LogP contribution in [-0.2, 0) is 0 Å². The molecule has 0 aromatic carbocycles. The van der Waals surface area contributed by atoms with Gasteiger partial charge in [-0.1, -0.05) is 0 Å². The summed E-state index contributed by atoms with van der Waals surface area (Å²) < 4.78 is 5.23. The van der Waals surface area contributed by atoms with Gasteiger partial charge in [0.1, 0.15) is 5.76 Å². The van der Waals surface area contributed by atoms with E-state index in [0.29, 0.717) is 11.8 Å². The predicted octanol–water partition coefficient (Wildman–Crippen LogP) is 1.34. The first kappa shape index (κ1) is 5.98. The average molecular weight is 137 g/mol. The Kier molecular flexibility index (Phi) is 1.27. The maximum atomic E-state index is 5.49.